The van der Waals surface area contributed by atoms with E-state index in [9.17, 15) is 23.1 Å². The van der Waals surface area contributed by atoms with Gasteiger partial charge in [-0.05, 0) is 30.4 Å². The molecule has 198 valence electrons. The topological polar surface area (TPSA) is 174 Å². The van der Waals surface area contributed by atoms with Crippen LogP contribution in [0.15, 0.2) is 54.6 Å². The van der Waals surface area contributed by atoms with Crippen LogP contribution in [0.2, 0.25) is 0 Å². The first-order valence-corrected chi connectivity index (χ1v) is 13.3. The van der Waals surface area contributed by atoms with E-state index in [2.05, 4.69) is 15.4 Å². The maximum absolute atomic E-state index is 13.0. The zero-order valence-corrected chi connectivity index (χ0v) is 21.5. The molecule has 0 saturated carbocycles. The number of sulfonamides is 1. The van der Waals surface area contributed by atoms with E-state index in [1.807, 2.05) is 13.8 Å². The highest BCUT2D eigenvalue weighted by Gasteiger charge is 2.32. The van der Waals surface area contributed by atoms with Crippen LogP contribution in [-0.2, 0) is 31.9 Å². The summed E-state index contributed by atoms with van der Waals surface area (Å²) >= 11 is 0. The standard InChI is InChI=1S/C25H35N5O5S.H2/c1-16(2)13-21(24(32)28-14-18-9-11-20(12-10-18)23(26)27)29-25(33)22(17(3)31)30-36(34,35)15-19-7-5-4-6-8-19;/h4-12,16-17,21-22,30-31H,13-15H2,1-3H3,(H3,26,27)(H,28,32)(H,29,33);1H/t17?,21-,22+;/m0./s1. The number of carbonyl (C=O) groups excluding carboxylic acids is 2. The van der Waals surface area contributed by atoms with Crippen LogP contribution in [0.5, 0.6) is 0 Å². The minimum atomic E-state index is -3.95. The van der Waals surface area contributed by atoms with Gasteiger partial charge in [0.15, 0.2) is 0 Å². The molecule has 1 unspecified atom stereocenters. The summed E-state index contributed by atoms with van der Waals surface area (Å²) in [5.74, 6) is -1.60. The molecular weight excluding hydrogens is 482 g/mol. The number of aliphatic hydroxyl groups excluding tert-OH is 1. The van der Waals surface area contributed by atoms with Crippen LogP contribution in [0.25, 0.3) is 0 Å². The van der Waals surface area contributed by atoms with Crippen molar-refractivity contribution in [3.63, 3.8) is 0 Å². The number of nitrogen functional groups attached to an aromatic ring is 1. The fourth-order valence-corrected chi connectivity index (χ4v) is 4.88. The van der Waals surface area contributed by atoms with Gasteiger partial charge < -0.3 is 21.5 Å². The highest BCUT2D eigenvalue weighted by molar-refractivity contribution is 7.88. The average molecular weight is 520 g/mol. The minimum Gasteiger partial charge on any atom is -0.391 e. The molecule has 0 spiro atoms. The number of rotatable bonds is 13. The predicted octanol–water partition coefficient (Wildman–Crippen LogP) is 1.23. The summed E-state index contributed by atoms with van der Waals surface area (Å²) in [4.78, 5) is 25.9. The lowest BCUT2D eigenvalue weighted by Gasteiger charge is -2.25. The highest BCUT2D eigenvalue weighted by atomic mass is 32.2. The van der Waals surface area contributed by atoms with E-state index in [0.29, 0.717) is 17.5 Å². The van der Waals surface area contributed by atoms with Crippen molar-refractivity contribution in [3.8, 4) is 0 Å². The van der Waals surface area contributed by atoms with Crippen LogP contribution < -0.4 is 21.1 Å². The molecule has 0 saturated heterocycles. The number of benzene rings is 2. The van der Waals surface area contributed by atoms with Gasteiger partial charge in [-0.25, -0.2) is 8.42 Å². The second-order valence-electron chi connectivity index (χ2n) is 9.10. The number of hydrogen-bond acceptors (Lipinski definition) is 6. The van der Waals surface area contributed by atoms with Crippen molar-refractivity contribution < 1.29 is 24.5 Å². The van der Waals surface area contributed by atoms with Crippen molar-refractivity contribution in [2.24, 2.45) is 11.7 Å². The molecule has 10 nitrogen and oxygen atoms in total. The maximum Gasteiger partial charge on any atom is 0.242 e. The van der Waals surface area contributed by atoms with E-state index < -0.39 is 40.0 Å². The Hall–Kier alpha value is -3.28. The van der Waals surface area contributed by atoms with Gasteiger partial charge in [0.05, 0.1) is 11.9 Å². The Morgan fingerprint density at radius 3 is 2.14 bits per heavy atom. The Morgan fingerprint density at radius 1 is 1.00 bits per heavy atom. The van der Waals surface area contributed by atoms with Crippen LogP contribution in [0.4, 0.5) is 0 Å². The zero-order chi connectivity index (χ0) is 26.9. The summed E-state index contributed by atoms with van der Waals surface area (Å²) in [6.07, 6.45) is -1.03. The van der Waals surface area contributed by atoms with Gasteiger partial charge in [-0.2, -0.15) is 4.72 Å². The fraction of sp³-hybridized carbons (Fsp3) is 0.400. The lowest BCUT2D eigenvalue weighted by molar-refractivity contribution is -0.131. The maximum atomic E-state index is 13.0. The molecule has 2 aromatic carbocycles. The molecule has 7 N–H and O–H groups in total. The van der Waals surface area contributed by atoms with Gasteiger partial charge >= 0.3 is 0 Å². The summed E-state index contributed by atoms with van der Waals surface area (Å²) in [5, 5.41) is 23.0. The number of nitrogens with one attached hydrogen (secondary N) is 4. The molecule has 11 heteroatoms. The van der Waals surface area contributed by atoms with E-state index >= 15 is 0 Å². The van der Waals surface area contributed by atoms with E-state index in [1.165, 1.54) is 6.92 Å². The zero-order valence-electron chi connectivity index (χ0n) is 20.7. The van der Waals surface area contributed by atoms with E-state index in [4.69, 9.17) is 11.1 Å². The molecule has 36 heavy (non-hydrogen) atoms. The highest BCUT2D eigenvalue weighted by Crippen LogP contribution is 2.10. The number of aliphatic hydroxyl groups is 1. The summed E-state index contributed by atoms with van der Waals surface area (Å²) in [5.41, 5.74) is 7.32. The SMILES string of the molecule is CC(C)C[C@H](NC(=O)[C@H](NS(=O)(=O)Cc1ccccc1)C(C)O)C(=O)NCc1ccc(C(=N)N)cc1.[HH]. The van der Waals surface area contributed by atoms with E-state index in [-0.39, 0.29) is 25.5 Å². The predicted molar refractivity (Wildman–Crippen MR) is 140 cm³/mol. The summed E-state index contributed by atoms with van der Waals surface area (Å²) in [7, 11) is -3.95. The average Bonchev–Trinajstić information content (AvgIpc) is 2.80. The van der Waals surface area contributed by atoms with Crippen molar-refractivity contribution in [1.82, 2.24) is 15.4 Å². The quantitative estimate of drug-likeness (QED) is 0.171. The van der Waals surface area contributed by atoms with Gasteiger partial charge in [0.1, 0.15) is 17.9 Å². The summed E-state index contributed by atoms with van der Waals surface area (Å²) < 4.78 is 27.5. The summed E-state index contributed by atoms with van der Waals surface area (Å²) in [6.45, 7) is 5.27. The summed E-state index contributed by atoms with van der Waals surface area (Å²) in [6, 6.07) is 12.9. The van der Waals surface area contributed by atoms with Crippen molar-refractivity contribution in [1.29, 1.82) is 5.41 Å². The largest absolute Gasteiger partial charge is 0.391 e. The molecule has 0 aliphatic rings. The van der Waals surface area contributed by atoms with Gasteiger partial charge in [-0.3, -0.25) is 15.0 Å². The Kier molecular flexibility index (Phi) is 10.6. The lowest BCUT2D eigenvalue weighted by Crippen LogP contribution is -2.57. The third-order valence-electron chi connectivity index (χ3n) is 5.34. The smallest absolute Gasteiger partial charge is 0.242 e. The molecule has 0 fully saturated rings. The van der Waals surface area contributed by atoms with Gasteiger partial charge in [0.2, 0.25) is 21.8 Å². The van der Waals surface area contributed by atoms with Gasteiger partial charge in [-0.15, -0.1) is 0 Å². The molecule has 0 aromatic heterocycles. The first kappa shape index (κ1) is 29.0. The van der Waals surface area contributed by atoms with Crippen LogP contribution in [0.1, 0.15) is 45.3 Å². The number of carbonyl (C=O) groups is 2. The van der Waals surface area contributed by atoms with Crippen molar-refractivity contribution >= 4 is 27.7 Å². The monoisotopic (exact) mass is 519 g/mol. The molecule has 2 amide bonds. The first-order valence-electron chi connectivity index (χ1n) is 11.6. The fourth-order valence-electron chi connectivity index (χ4n) is 3.48. The Morgan fingerprint density at radius 2 is 1.61 bits per heavy atom. The van der Waals surface area contributed by atoms with Crippen LogP contribution >= 0.6 is 0 Å². The second-order valence-corrected chi connectivity index (χ2v) is 10.9. The van der Waals surface area contributed by atoms with Crippen molar-refractivity contribution in [2.45, 2.75) is 57.7 Å². The molecule has 0 radical (unpaired) electrons. The number of hydrogen-bond donors (Lipinski definition) is 6. The Balaban J connectivity index is 0.00000684. The Bertz CT molecular complexity index is 1140. The molecule has 0 heterocycles. The third-order valence-corrected chi connectivity index (χ3v) is 6.67. The Labute approximate surface area is 213 Å². The van der Waals surface area contributed by atoms with Gasteiger partial charge in [0, 0.05) is 13.5 Å². The molecule has 0 bridgehead atoms. The number of amides is 2. The lowest BCUT2D eigenvalue weighted by atomic mass is 10.0. The van der Waals surface area contributed by atoms with Crippen LogP contribution in [0.3, 0.4) is 0 Å². The van der Waals surface area contributed by atoms with E-state index in [0.717, 1.165) is 5.56 Å². The number of amidine groups is 1. The molecule has 2 rings (SSSR count). The first-order chi connectivity index (χ1) is 16.9. The molecular formula is C25H37N5O5S. The van der Waals surface area contributed by atoms with Crippen LogP contribution in [-0.4, -0.2) is 49.4 Å². The normalized spacial score (nSPS) is 14.0. The molecule has 0 aliphatic carbocycles. The molecule has 3 atom stereocenters. The molecule has 0 aliphatic heterocycles. The molecule has 2 aromatic rings. The third kappa shape index (κ3) is 9.40. The second kappa shape index (κ2) is 13.1. The van der Waals surface area contributed by atoms with Crippen molar-refractivity contribution in [3.05, 3.63) is 71.3 Å². The van der Waals surface area contributed by atoms with E-state index in [1.54, 1.807) is 54.6 Å². The van der Waals surface area contributed by atoms with Crippen LogP contribution in [0, 0.1) is 11.3 Å². The van der Waals surface area contributed by atoms with Gasteiger partial charge in [-0.1, -0.05) is 68.4 Å². The minimum absolute atomic E-state index is 0. The van der Waals surface area contributed by atoms with Gasteiger partial charge in [0.25, 0.3) is 0 Å². The number of nitrogens with two attached hydrogens (primary N) is 1. The van der Waals surface area contributed by atoms with Crippen molar-refractivity contribution in [2.75, 3.05) is 0 Å².